The first-order valence-electron chi connectivity index (χ1n) is 9.22. The summed E-state index contributed by atoms with van der Waals surface area (Å²) in [6.07, 6.45) is -0.689. The van der Waals surface area contributed by atoms with Crippen LogP contribution in [0.2, 0.25) is 0 Å². The van der Waals surface area contributed by atoms with Crippen LogP contribution in [0.25, 0.3) is 33.0 Å². The first-order chi connectivity index (χ1) is 14.7. The monoisotopic (exact) mass is 417 g/mol. The molecular weight excluding hydrogens is 402 g/mol. The Hall–Kier alpha value is -3.78. The average molecular weight is 417 g/mol. The largest absolute Gasteiger partial charge is 0.449 e. The Balaban J connectivity index is 1.38. The Bertz CT molecular complexity index is 1310. The van der Waals surface area contributed by atoms with Gasteiger partial charge in [0.1, 0.15) is 5.52 Å². The van der Waals surface area contributed by atoms with Gasteiger partial charge in [0.15, 0.2) is 11.9 Å². The zero-order valence-corrected chi connectivity index (χ0v) is 16.6. The number of ether oxygens (including phenoxy) is 1. The van der Waals surface area contributed by atoms with Gasteiger partial charge in [-0.05, 0) is 36.6 Å². The summed E-state index contributed by atoms with van der Waals surface area (Å²) in [5.41, 5.74) is 1.93. The molecule has 0 amide bonds. The molecule has 30 heavy (non-hydrogen) atoms. The Morgan fingerprint density at radius 2 is 1.93 bits per heavy atom. The molecule has 5 aromatic rings. The van der Waals surface area contributed by atoms with Crippen molar-refractivity contribution in [1.29, 1.82) is 0 Å². The van der Waals surface area contributed by atoms with Crippen LogP contribution in [0.1, 0.15) is 29.3 Å². The average Bonchev–Trinajstić information content (AvgIpc) is 3.54. The topological polar surface area (TPSA) is 91.2 Å². The number of esters is 1. The number of benzene rings is 2. The molecule has 0 aliphatic rings. The van der Waals surface area contributed by atoms with E-state index in [-0.39, 0.29) is 5.89 Å². The van der Waals surface area contributed by atoms with Crippen molar-refractivity contribution in [2.24, 2.45) is 0 Å². The lowest BCUT2D eigenvalue weighted by Crippen LogP contribution is -2.09. The fourth-order valence-electron chi connectivity index (χ4n) is 3.04. The standard InChI is InChI=1S/C22H15N3O4S/c1-13(20-23-24-21(28-20)18-8-5-11-30-18)27-22(26)15-9-10-17-16(12-15)19(29-25-17)14-6-3-2-4-7-14/h2-13H,1H3. The lowest BCUT2D eigenvalue weighted by atomic mass is 10.1. The minimum absolute atomic E-state index is 0.239. The van der Waals surface area contributed by atoms with E-state index in [9.17, 15) is 4.79 Å². The zero-order valence-electron chi connectivity index (χ0n) is 15.8. The van der Waals surface area contributed by atoms with E-state index in [4.69, 9.17) is 13.7 Å². The van der Waals surface area contributed by atoms with Crippen LogP contribution in [0.3, 0.4) is 0 Å². The van der Waals surface area contributed by atoms with Gasteiger partial charge in [-0.15, -0.1) is 21.5 Å². The van der Waals surface area contributed by atoms with E-state index in [1.54, 1.807) is 25.1 Å². The Morgan fingerprint density at radius 1 is 1.07 bits per heavy atom. The number of nitrogens with zero attached hydrogens (tertiary/aromatic N) is 3. The van der Waals surface area contributed by atoms with Crippen molar-refractivity contribution in [2.75, 3.05) is 0 Å². The van der Waals surface area contributed by atoms with Gasteiger partial charge in [0.05, 0.1) is 15.8 Å². The molecule has 0 bridgehead atoms. The summed E-state index contributed by atoms with van der Waals surface area (Å²) in [5.74, 6) is 0.746. The van der Waals surface area contributed by atoms with Crippen molar-refractivity contribution < 1.29 is 18.5 Å². The summed E-state index contributed by atoms with van der Waals surface area (Å²) in [6, 6.07) is 18.5. The Morgan fingerprint density at radius 3 is 2.73 bits per heavy atom. The third-order valence-corrected chi connectivity index (χ3v) is 5.41. The fraction of sp³-hybridized carbons (Fsp3) is 0.0909. The van der Waals surface area contributed by atoms with E-state index in [0.29, 0.717) is 22.7 Å². The number of rotatable bonds is 5. The molecule has 0 aliphatic heterocycles. The quantitative estimate of drug-likeness (QED) is 0.347. The third-order valence-electron chi connectivity index (χ3n) is 4.55. The van der Waals surface area contributed by atoms with Gasteiger partial charge >= 0.3 is 5.97 Å². The molecule has 0 saturated carbocycles. The maximum Gasteiger partial charge on any atom is 0.338 e. The first kappa shape index (κ1) is 18.3. The van der Waals surface area contributed by atoms with E-state index in [1.807, 2.05) is 47.8 Å². The van der Waals surface area contributed by atoms with Crippen LogP contribution in [0, 0.1) is 0 Å². The highest BCUT2D eigenvalue weighted by Crippen LogP contribution is 2.30. The van der Waals surface area contributed by atoms with Crippen LogP contribution in [0.4, 0.5) is 0 Å². The predicted molar refractivity (Wildman–Crippen MR) is 111 cm³/mol. The number of carbonyl (C=O) groups is 1. The number of fused-ring (bicyclic) bond motifs is 1. The lowest BCUT2D eigenvalue weighted by Gasteiger charge is -2.09. The molecule has 3 aromatic heterocycles. The molecule has 2 aromatic carbocycles. The maximum absolute atomic E-state index is 12.7. The van der Waals surface area contributed by atoms with Crippen molar-refractivity contribution in [3.05, 3.63) is 77.5 Å². The molecule has 1 atom stereocenters. The van der Waals surface area contributed by atoms with Crippen LogP contribution in [-0.4, -0.2) is 21.3 Å². The van der Waals surface area contributed by atoms with Gasteiger partial charge in [-0.25, -0.2) is 4.79 Å². The molecule has 0 radical (unpaired) electrons. The summed E-state index contributed by atoms with van der Waals surface area (Å²) < 4.78 is 16.7. The first-order valence-corrected chi connectivity index (χ1v) is 10.1. The molecule has 3 heterocycles. The zero-order chi connectivity index (χ0) is 20.5. The van der Waals surface area contributed by atoms with Gasteiger partial charge in [-0.2, -0.15) is 0 Å². The van der Waals surface area contributed by atoms with Crippen LogP contribution >= 0.6 is 11.3 Å². The number of carbonyl (C=O) groups excluding carboxylic acids is 1. The molecule has 0 saturated heterocycles. The summed E-state index contributed by atoms with van der Waals surface area (Å²) in [4.78, 5) is 13.6. The Labute approximate surface area is 174 Å². The number of hydrogen-bond acceptors (Lipinski definition) is 8. The summed E-state index contributed by atoms with van der Waals surface area (Å²) in [7, 11) is 0. The Kier molecular flexibility index (Phi) is 4.61. The van der Waals surface area contributed by atoms with Crippen molar-refractivity contribution in [3.8, 4) is 22.1 Å². The SMILES string of the molecule is CC(OC(=O)c1ccc2noc(-c3ccccc3)c2c1)c1nnc(-c2cccs2)o1. The van der Waals surface area contributed by atoms with Crippen molar-refractivity contribution in [3.63, 3.8) is 0 Å². The maximum atomic E-state index is 12.7. The van der Waals surface area contributed by atoms with Crippen molar-refractivity contribution >= 4 is 28.2 Å². The number of aromatic nitrogens is 3. The molecule has 7 nitrogen and oxygen atoms in total. The molecule has 1 unspecified atom stereocenters. The normalized spacial score (nSPS) is 12.2. The molecule has 0 aliphatic carbocycles. The second-order valence-corrected chi connectivity index (χ2v) is 7.53. The number of hydrogen-bond donors (Lipinski definition) is 0. The molecule has 0 fully saturated rings. The van der Waals surface area contributed by atoms with E-state index in [0.717, 1.165) is 15.8 Å². The minimum Gasteiger partial charge on any atom is -0.449 e. The second-order valence-electron chi connectivity index (χ2n) is 6.58. The van der Waals surface area contributed by atoms with Gasteiger partial charge < -0.3 is 13.7 Å². The highest BCUT2D eigenvalue weighted by Gasteiger charge is 2.21. The predicted octanol–water partition coefficient (Wildman–Crippen LogP) is 5.52. The van der Waals surface area contributed by atoms with Crippen LogP contribution in [0.5, 0.6) is 0 Å². The van der Waals surface area contributed by atoms with Crippen LogP contribution < -0.4 is 0 Å². The van der Waals surface area contributed by atoms with Gasteiger partial charge in [-0.1, -0.05) is 41.6 Å². The molecular formula is C22H15N3O4S. The fourth-order valence-corrected chi connectivity index (χ4v) is 3.69. The molecule has 0 N–H and O–H groups in total. The van der Waals surface area contributed by atoms with E-state index < -0.39 is 12.1 Å². The van der Waals surface area contributed by atoms with Gasteiger partial charge in [0.2, 0.25) is 0 Å². The second kappa shape index (κ2) is 7.57. The smallest absolute Gasteiger partial charge is 0.338 e. The summed E-state index contributed by atoms with van der Waals surface area (Å²) >= 11 is 1.49. The van der Waals surface area contributed by atoms with Crippen LogP contribution in [-0.2, 0) is 4.74 Å². The molecule has 0 spiro atoms. The summed E-state index contributed by atoms with van der Waals surface area (Å²) in [6.45, 7) is 1.69. The van der Waals surface area contributed by atoms with Crippen molar-refractivity contribution in [1.82, 2.24) is 15.4 Å². The minimum atomic E-state index is -0.689. The highest BCUT2D eigenvalue weighted by molar-refractivity contribution is 7.13. The molecule has 148 valence electrons. The van der Waals surface area contributed by atoms with E-state index >= 15 is 0 Å². The van der Waals surface area contributed by atoms with Gasteiger partial charge in [0.25, 0.3) is 11.8 Å². The van der Waals surface area contributed by atoms with Crippen molar-refractivity contribution in [2.45, 2.75) is 13.0 Å². The number of thiophene rings is 1. The third kappa shape index (κ3) is 3.37. The van der Waals surface area contributed by atoms with Gasteiger partial charge in [0, 0.05) is 5.56 Å². The van der Waals surface area contributed by atoms with Crippen LogP contribution in [0.15, 0.2) is 75.0 Å². The molecule has 8 heteroatoms. The highest BCUT2D eigenvalue weighted by atomic mass is 32.1. The molecule has 5 rings (SSSR count). The van der Waals surface area contributed by atoms with E-state index in [2.05, 4.69) is 15.4 Å². The lowest BCUT2D eigenvalue weighted by molar-refractivity contribution is 0.0280. The van der Waals surface area contributed by atoms with E-state index in [1.165, 1.54) is 11.3 Å². The summed E-state index contributed by atoms with van der Waals surface area (Å²) in [5, 5.41) is 14.8. The van der Waals surface area contributed by atoms with Gasteiger partial charge in [-0.3, -0.25) is 0 Å².